The quantitative estimate of drug-likeness (QED) is 0.131. The van der Waals surface area contributed by atoms with Gasteiger partial charge in [-0.3, -0.25) is 4.99 Å². The Hall–Kier alpha value is -2.77. The van der Waals surface area contributed by atoms with Gasteiger partial charge < -0.3 is 0 Å². The zero-order valence-corrected chi connectivity index (χ0v) is 26.0. The van der Waals surface area contributed by atoms with Gasteiger partial charge in [0.1, 0.15) is 0 Å². The van der Waals surface area contributed by atoms with Crippen molar-refractivity contribution in [2.24, 2.45) is 9.98 Å². The van der Waals surface area contributed by atoms with Crippen LogP contribution in [0.25, 0.3) is 10.8 Å². The zero-order valence-electron chi connectivity index (χ0n) is 22.4. The Morgan fingerprint density at radius 3 is 1.66 bits per heavy atom. The summed E-state index contributed by atoms with van der Waals surface area (Å²) in [6.07, 6.45) is 1.03. The number of aliphatic imine (C=N–C) groups is 2. The van der Waals surface area contributed by atoms with E-state index in [4.69, 9.17) is 30.2 Å². The second-order valence-corrected chi connectivity index (χ2v) is 14.1. The van der Waals surface area contributed by atoms with Crippen LogP contribution in [0, 0.1) is 13.8 Å². The third-order valence-corrected chi connectivity index (χ3v) is 9.96. The van der Waals surface area contributed by atoms with Crippen LogP contribution in [0.1, 0.15) is 29.7 Å². The number of hydrogen-bond acceptors (Lipinski definition) is 2. The van der Waals surface area contributed by atoms with Crippen LogP contribution in [0.3, 0.4) is 0 Å². The fourth-order valence-corrected chi connectivity index (χ4v) is 7.81. The van der Waals surface area contributed by atoms with Gasteiger partial charge in [0.05, 0.1) is 48.3 Å². The van der Waals surface area contributed by atoms with Crippen molar-refractivity contribution >= 4 is 66.6 Å². The maximum atomic E-state index is 5.30. The SMILES string of the molecule is C.Cc1cccc(C)c1N=C1C(=NCC[PH+](c2ccccc2)c2ccccc2)c2cccc3cccc1c23.[Cl][Fe][Cl]. The molecule has 0 atom stereocenters. The molecule has 0 aromatic heterocycles. The maximum absolute atomic E-state index is 5.30. The van der Waals surface area contributed by atoms with Gasteiger partial charge in [0.2, 0.25) is 0 Å². The summed E-state index contributed by atoms with van der Waals surface area (Å²) in [7, 11) is 8.58. The number of rotatable bonds is 6. The monoisotopic (exact) mass is 639 g/mol. The molecule has 6 rings (SSSR count). The van der Waals surface area contributed by atoms with Crippen LogP contribution >= 0.6 is 28.1 Å². The summed E-state index contributed by atoms with van der Waals surface area (Å²) in [6.45, 7) is 5.05. The van der Waals surface area contributed by atoms with Gasteiger partial charge >= 0.3 is 33.3 Å². The molecule has 5 aromatic carbocycles. The van der Waals surface area contributed by atoms with Crippen molar-refractivity contribution < 1.29 is 13.1 Å². The van der Waals surface area contributed by atoms with E-state index < -0.39 is 7.92 Å². The van der Waals surface area contributed by atoms with Gasteiger partial charge in [0.15, 0.2) is 0 Å². The minimum atomic E-state index is -0.945. The topological polar surface area (TPSA) is 24.7 Å². The Labute approximate surface area is 259 Å². The average Bonchev–Trinajstić information content (AvgIpc) is 3.28. The molecule has 5 aromatic rings. The minimum absolute atomic E-state index is 0. The first-order chi connectivity index (χ1) is 19.6. The molecule has 0 aliphatic heterocycles. The zero-order chi connectivity index (χ0) is 27.9. The van der Waals surface area contributed by atoms with Gasteiger partial charge in [-0.25, -0.2) is 4.99 Å². The number of halogens is 2. The van der Waals surface area contributed by atoms with E-state index >= 15 is 0 Å². The number of nitrogens with zero attached hydrogens (tertiary/aromatic N) is 2. The third kappa shape index (κ3) is 7.00. The fourth-order valence-electron chi connectivity index (χ4n) is 5.37. The van der Waals surface area contributed by atoms with Crippen LogP contribution in [0.4, 0.5) is 5.69 Å². The Kier molecular flexibility index (Phi) is 11.3. The van der Waals surface area contributed by atoms with Gasteiger partial charge in [-0.15, -0.1) is 0 Å². The summed E-state index contributed by atoms with van der Waals surface area (Å²) < 4.78 is 0. The first kappa shape index (κ1) is 31.2. The third-order valence-electron chi connectivity index (χ3n) is 7.18. The molecular weight excluding hydrogens is 606 g/mol. The fraction of sp³-hybridized carbons (Fsp3) is 0.143. The first-order valence-corrected chi connectivity index (χ1v) is 17.9. The Morgan fingerprint density at radius 1 is 0.634 bits per heavy atom. The van der Waals surface area contributed by atoms with E-state index in [0.717, 1.165) is 29.8 Å². The molecule has 1 aliphatic carbocycles. The molecule has 0 saturated carbocycles. The Balaban J connectivity index is 0.000000929. The predicted molar refractivity (Wildman–Crippen MR) is 181 cm³/mol. The first-order valence-electron chi connectivity index (χ1n) is 13.2. The van der Waals surface area contributed by atoms with Gasteiger partial charge in [0, 0.05) is 16.5 Å². The van der Waals surface area contributed by atoms with Crippen molar-refractivity contribution in [1.29, 1.82) is 0 Å². The normalized spacial score (nSPS) is 13.9. The van der Waals surface area contributed by atoms with Crippen molar-refractivity contribution in [3.63, 3.8) is 0 Å². The molecule has 0 fully saturated rings. The van der Waals surface area contributed by atoms with Crippen LogP contribution < -0.4 is 10.6 Å². The summed E-state index contributed by atoms with van der Waals surface area (Å²) in [6, 6.07) is 41.3. The second kappa shape index (κ2) is 14.9. The van der Waals surface area contributed by atoms with E-state index in [2.05, 4.69) is 129 Å². The molecule has 0 bridgehead atoms. The predicted octanol–water partition coefficient (Wildman–Crippen LogP) is 9.26. The van der Waals surface area contributed by atoms with Gasteiger partial charge in [-0.05, 0) is 54.6 Å². The van der Waals surface area contributed by atoms with Gasteiger partial charge in [-0.1, -0.05) is 98.4 Å². The van der Waals surface area contributed by atoms with Crippen LogP contribution in [-0.2, 0) is 13.1 Å². The van der Waals surface area contributed by atoms with E-state index in [9.17, 15) is 0 Å². The average molecular weight is 640 g/mol. The van der Waals surface area contributed by atoms with Crippen molar-refractivity contribution in [3.05, 3.63) is 138 Å². The molecule has 0 unspecified atom stereocenters. The Bertz CT molecular complexity index is 1610. The molecule has 2 nitrogen and oxygen atoms in total. The van der Waals surface area contributed by atoms with E-state index in [-0.39, 0.29) is 20.6 Å². The molecule has 1 aliphatic rings. The number of benzene rings is 5. The standard InChI is InChI=1S/C34H29N2P.CH4.2ClH.Fe/c1-24-12-9-13-25(2)32(24)36-34-30-21-11-15-26-14-10-20-29(31(26)30)33(34)35-22-23-37(27-16-5-3-6-17-27)28-18-7-4-8-19-28;;;;/h3-21H,22-23H2,1-2H3;1H4;2*1H;/q;;;;+2/p-1. The van der Waals surface area contributed by atoms with Crippen molar-refractivity contribution in [1.82, 2.24) is 0 Å². The van der Waals surface area contributed by atoms with Crippen LogP contribution in [0.2, 0.25) is 0 Å². The molecular formula is C35H34Cl2FeN2P+. The number of hydrogen-bond donors (Lipinski definition) is 0. The molecule has 0 heterocycles. The Morgan fingerprint density at radius 2 is 1.12 bits per heavy atom. The van der Waals surface area contributed by atoms with E-state index in [1.165, 1.54) is 43.6 Å². The van der Waals surface area contributed by atoms with Crippen molar-refractivity contribution in [3.8, 4) is 0 Å². The molecule has 0 N–H and O–H groups in total. The molecule has 210 valence electrons. The van der Waals surface area contributed by atoms with E-state index in [1.807, 2.05) is 0 Å². The molecule has 0 saturated heterocycles. The van der Waals surface area contributed by atoms with E-state index in [0.29, 0.717) is 0 Å². The summed E-state index contributed by atoms with van der Waals surface area (Å²) in [5.41, 5.74) is 7.84. The number of aryl methyl sites for hydroxylation is 2. The van der Waals surface area contributed by atoms with Crippen molar-refractivity contribution in [2.75, 3.05) is 12.7 Å². The molecule has 0 radical (unpaired) electrons. The number of para-hydroxylation sites is 1. The van der Waals surface area contributed by atoms with Crippen LogP contribution in [0.15, 0.2) is 125 Å². The summed E-state index contributed by atoms with van der Waals surface area (Å²) >= 11 is 0.194. The molecule has 0 amide bonds. The van der Waals surface area contributed by atoms with Gasteiger partial charge in [-0.2, -0.15) is 0 Å². The molecule has 6 heteroatoms. The molecule has 41 heavy (non-hydrogen) atoms. The summed E-state index contributed by atoms with van der Waals surface area (Å²) in [5.74, 6) is 0. The van der Waals surface area contributed by atoms with E-state index in [1.54, 1.807) is 0 Å². The van der Waals surface area contributed by atoms with Gasteiger partial charge in [0.25, 0.3) is 0 Å². The van der Waals surface area contributed by atoms with Crippen LogP contribution in [-0.4, -0.2) is 24.1 Å². The van der Waals surface area contributed by atoms with Crippen LogP contribution in [0.5, 0.6) is 0 Å². The second-order valence-electron chi connectivity index (χ2n) is 9.65. The summed E-state index contributed by atoms with van der Waals surface area (Å²) in [5, 5.41) is 5.37. The molecule has 0 spiro atoms. The van der Waals surface area contributed by atoms with Crippen molar-refractivity contribution in [2.45, 2.75) is 21.3 Å². The summed E-state index contributed by atoms with van der Waals surface area (Å²) in [4.78, 5) is 10.6.